The molecule has 0 aliphatic heterocycles. The number of benzene rings is 1. The average molecular weight is 282 g/mol. The molecule has 108 valence electrons. The van der Waals surface area contributed by atoms with Crippen LogP contribution in [-0.2, 0) is 5.54 Å². The Balaban J connectivity index is 2.05. The maximum Gasteiger partial charge on any atom is 0.254 e. The van der Waals surface area contributed by atoms with Crippen LogP contribution in [0.1, 0.15) is 18.2 Å². The predicted molar refractivity (Wildman–Crippen MR) is 82.0 cm³/mol. The van der Waals surface area contributed by atoms with Gasteiger partial charge in [0, 0.05) is 18.3 Å². The van der Waals surface area contributed by atoms with E-state index in [9.17, 15) is 0 Å². The smallest absolute Gasteiger partial charge is 0.254 e. The summed E-state index contributed by atoms with van der Waals surface area (Å²) in [6.07, 6.45) is 1.50. The zero-order valence-corrected chi connectivity index (χ0v) is 12.1. The van der Waals surface area contributed by atoms with Crippen LogP contribution < -0.4 is 11.1 Å². The third kappa shape index (κ3) is 2.45. The van der Waals surface area contributed by atoms with Gasteiger partial charge in [0.05, 0.1) is 5.54 Å². The van der Waals surface area contributed by atoms with E-state index < -0.39 is 5.54 Å². The fourth-order valence-electron chi connectivity index (χ4n) is 2.35. The molecule has 1 atom stereocenters. The monoisotopic (exact) mass is 282 g/mol. The van der Waals surface area contributed by atoms with Crippen LogP contribution in [0, 0.1) is 6.92 Å². The predicted octanol–water partition coefficient (Wildman–Crippen LogP) is 1.72. The van der Waals surface area contributed by atoms with Crippen LogP contribution in [0.4, 0.5) is 5.82 Å². The minimum absolute atomic E-state index is 0.395. The van der Waals surface area contributed by atoms with E-state index >= 15 is 0 Å². The minimum atomic E-state index is -0.395. The quantitative estimate of drug-likeness (QED) is 0.761. The molecule has 0 fully saturated rings. The zero-order chi connectivity index (χ0) is 14.9. The van der Waals surface area contributed by atoms with Crippen molar-refractivity contribution in [2.75, 3.05) is 11.9 Å². The molecule has 6 nitrogen and oxygen atoms in total. The molecule has 21 heavy (non-hydrogen) atoms. The molecule has 0 aliphatic rings. The maximum absolute atomic E-state index is 6.02. The number of hydrogen-bond donors (Lipinski definition) is 2. The molecule has 1 unspecified atom stereocenters. The fourth-order valence-corrected chi connectivity index (χ4v) is 2.35. The SMILES string of the molecule is Cc1cc(NC(C)(CN)c2ccccc2)n2ncnc2n1. The Hall–Kier alpha value is -2.47. The third-order valence-corrected chi connectivity index (χ3v) is 3.60. The van der Waals surface area contributed by atoms with Gasteiger partial charge in [-0.1, -0.05) is 30.3 Å². The Morgan fingerprint density at radius 2 is 2.05 bits per heavy atom. The van der Waals surface area contributed by atoms with Crippen LogP contribution in [0.3, 0.4) is 0 Å². The van der Waals surface area contributed by atoms with Gasteiger partial charge in [-0.2, -0.15) is 14.6 Å². The summed E-state index contributed by atoms with van der Waals surface area (Å²) in [5.74, 6) is 1.40. The molecule has 3 aromatic rings. The lowest BCUT2D eigenvalue weighted by molar-refractivity contribution is 0.550. The summed E-state index contributed by atoms with van der Waals surface area (Å²) < 4.78 is 1.68. The van der Waals surface area contributed by atoms with Crippen molar-refractivity contribution in [1.82, 2.24) is 19.6 Å². The van der Waals surface area contributed by atoms with Crippen LogP contribution in [0.2, 0.25) is 0 Å². The number of fused-ring (bicyclic) bond motifs is 1. The van der Waals surface area contributed by atoms with Crippen molar-refractivity contribution in [3.8, 4) is 0 Å². The highest BCUT2D eigenvalue weighted by Gasteiger charge is 2.25. The van der Waals surface area contributed by atoms with Gasteiger partial charge in [-0.15, -0.1) is 0 Å². The number of nitrogens with zero attached hydrogens (tertiary/aromatic N) is 4. The maximum atomic E-state index is 6.02. The number of aryl methyl sites for hydroxylation is 1. The van der Waals surface area contributed by atoms with E-state index in [1.54, 1.807) is 4.52 Å². The number of rotatable bonds is 4. The standard InChI is InChI=1S/C15H18N6/c1-11-8-13(21-14(19-11)17-10-18-21)20-15(2,9-16)12-6-4-3-5-7-12/h3-8,10,20H,9,16H2,1-2H3. The average Bonchev–Trinajstić information content (AvgIpc) is 2.96. The molecule has 0 saturated carbocycles. The summed E-state index contributed by atoms with van der Waals surface area (Å²) in [5.41, 5.74) is 7.63. The molecule has 0 spiro atoms. The van der Waals surface area contributed by atoms with Gasteiger partial charge >= 0.3 is 0 Å². The Morgan fingerprint density at radius 3 is 2.76 bits per heavy atom. The lowest BCUT2D eigenvalue weighted by Crippen LogP contribution is -2.40. The van der Waals surface area contributed by atoms with Crippen molar-refractivity contribution in [3.05, 3.63) is 54.0 Å². The van der Waals surface area contributed by atoms with Crippen molar-refractivity contribution in [2.24, 2.45) is 5.73 Å². The molecule has 0 saturated heterocycles. The summed E-state index contributed by atoms with van der Waals surface area (Å²) in [6, 6.07) is 12.1. The summed E-state index contributed by atoms with van der Waals surface area (Å²) in [5, 5.41) is 7.70. The van der Waals surface area contributed by atoms with Gasteiger partial charge in [-0.3, -0.25) is 0 Å². The number of nitrogens with one attached hydrogen (secondary N) is 1. The molecular weight excluding hydrogens is 264 g/mol. The number of nitrogens with two attached hydrogens (primary N) is 1. The van der Waals surface area contributed by atoms with Crippen molar-refractivity contribution in [2.45, 2.75) is 19.4 Å². The summed E-state index contributed by atoms with van der Waals surface area (Å²) in [4.78, 5) is 8.48. The first-order chi connectivity index (χ1) is 10.1. The van der Waals surface area contributed by atoms with Crippen LogP contribution >= 0.6 is 0 Å². The fraction of sp³-hybridized carbons (Fsp3) is 0.267. The highest BCUT2D eigenvalue weighted by molar-refractivity contribution is 5.48. The molecule has 0 bridgehead atoms. The van der Waals surface area contributed by atoms with Gasteiger partial charge in [0.25, 0.3) is 5.78 Å². The second kappa shape index (κ2) is 5.14. The largest absolute Gasteiger partial charge is 0.359 e. The normalized spacial score (nSPS) is 14.0. The van der Waals surface area contributed by atoms with Crippen molar-refractivity contribution < 1.29 is 0 Å². The van der Waals surface area contributed by atoms with Crippen LogP contribution in [0.25, 0.3) is 5.78 Å². The lowest BCUT2D eigenvalue weighted by Gasteiger charge is -2.31. The molecule has 1 aromatic carbocycles. The van der Waals surface area contributed by atoms with Crippen molar-refractivity contribution in [3.63, 3.8) is 0 Å². The molecule has 3 N–H and O–H groups in total. The second-order valence-corrected chi connectivity index (χ2v) is 5.28. The Kier molecular flexibility index (Phi) is 3.31. The molecule has 3 rings (SSSR count). The molecular formula is C15H18N6. The molecule has 2 aromatic heterocycles. The summed E-state index contributed by atoms with van der Waals surface area (Å²) in [6.45, 7) is 4.46. The third-order valence-electron chi connectivity index (χ3n) is 3.60. The van der Waals surface area contributed by atoms with E-state index in [-0.39, 0.29) is 0 Å². The van der Waals surface area contributed by atoms with Gasteiger partial charge in [-0.05, 0) is 19.4 Å². The van der Waals surface area contributed by atoms with E-state index in [1.807, 2.05) is 31.2 Å². The Bertz CT molecular complexity index is 751. The number of aromatic nitrogens is 4. The van der Waals surface area contributed by atoms with E-state index in [0.717, 1.165) is 17.1 Å². The molecule has 0 aliphatic carbocycles. The number of anilines is 1. The van der Waals surface area contributed by atoms with Gasteiger partial charge in [0.15, 0.2) is 0 Å². The van der Waals surface area contributed by atoms with Gasteiger partial charge < -0.3 is 11.1 Å². The first-order valence-electron chi connectivity index (χ1n) is 6.83. The van der Waals surface area contributed by atoms with Crippen molar-refractivity contribution >= 4 is 11.6 Å². The minimum Gasteiger partial charge on any atom is -0.359 e. The zero-order valence-electron chi connectivity index (χ0n) is 12.1. The number of hydrogen-bond acceptors (Lipinski definition) is 5. The van der Waals surface area contributed by atoms with Crippen LogP contribution in [0.5, 0.6) is 0 Å². The first-order valence-corrected chi connectivity index (χ1v) is 6.83. The Labute approximate surface area is 123 Å². The highest BCUT2D eigenvalue weighted by atomic mass is 15.4. The van der Waals surface area contributed by atoms with Crippen LogP contribution in [0.15, 0.2) is 42.7 Å². The van der Waals surface area contributed by atoms with E-state index in [0.29, 0.717) is 12.3 Å². The summed E-state index contributed by atoms with van der Waals surface area (Å²) in [7, 11) is 0. The Morgan fingerprint density at radius 1 is 1.29 bits per heavy atom. The summed E-state index contributed by atoms with van der Waals surface area (Å²) >= 11 is 0. The highest BCUT2D eigenvalue weighted by Crippen LogP contribution is 2.25. The van der Waals surface area contributed by atoms with Crippen LogP contribution in [-0.4, -0.2) is 26.1 Å². The first kappa shape index (κ1) is 13.5. The molecule has 0 amide bonds. The molecule has 6 heteroatoms. The van der Waals surface area contributed by atoms with Gasteiger partial charge in [-0.25, -0.2) is 4.98 Å². The van der Waals surface area contributed by atoms with E-state index in [4.69, 9.17) is 5.73 Å². The van der Waals surface area contributed by atoms with Crippen molar-refractivity contribution in [1.29, 1.82) is 0 Å². The lowest BCUT2D eigenvalue weighted by atomic mass is 9.92. The van der Waals surface area contributed by atoms with E-state index in [1.165, 1.54) is 6.33 Å². The molecule has 2 heterocycles. The van der Waals surface area contributed by atoms with E-state index in [2.05, 4.69) is 39.4 Å². The van der Waals surface area contributed by atoms with Gasteiger partial charge in [0.2, 0.25) is 0 Å². The molecule has 0 radical (unpaired) electrons. The van der Waals surface area contributed by atoms with Gasteiger partial charge in [0.1, 0.15) is 12.1 Å². The second-order valence-electron chi connectivity index (χ2n) is 5.28. The topological polar surface area (TPSA) is 81.1 Å².